The van der Waals surface area contributed by atoms with E-state index in [1.54, 1.807) is 48.4 Å². The highest BCUT2D eigenvalue weighted by Gasteiger charge is 2.32. The van der Waals surface area contributed by atoms with Crippen molar-refractivity contribution in [3.63, 3.8) is 0 Å². The van der Waals surface area contributed by atoms with Gasteiger partial charge >= 0.3 is 6.03 Å². The summed E-state index contributed by atoms with van der Waals surface area (Å²) >= 11 is 0. The molecule has 1 fully saturated rings. The molecule has 5 heteroatoms. The average Bonchev–Trinajstić information content (AvgIpc) is 3.39. The van der Waals surface area contributed by atoms with Gasteiger partial charge in [-0.3, -0.25) is 0 Å². The quantitative estimate of drug-likeness (QED) is 0.905. The van der Waals surface area contributed by atoms with Crippen LogP contribution in [-0.4, -0.2) is 24.1 Å². The lowest BCUT2D eigenvalue weighted by molar-refractivity contribution is 0.206. The first kappa shape index (κ1) is 15.3. The zero-order valence-corrected chi connectivity index (χ0v) is 13.0. The van der Waals surface area contributed by atoms with Crippen molar-refractivity contribution in [2.75, 3.05) is 12.4 Å². The van der Waals surface area contributed by atoms with E-state index >= 15 is 0 Å². The first-order valence-corrected chi connectivity index (χ1v) is 7.62. The van der Waals surface area contributed by atoms with Crippen LogP contribution in [0.1, 0.15) is 18.4 Å². The zero-order valence-electron chi connectivity index (χ0n) is 13.0. The summed E-state index contributed by atoms with van der Waals surface area (Å²) in [7, 11) is 1.60. The molecule has 2 aromatic carbocycles. The molecule has 0 aliphatic heterocycles. The molecule has 1 saturated carbocycles. The van der Waals surface area contributed by atoms with E-state index in [2.05, 4.69) is 5.32 Å². The van der Waals surface area contributed by atoms with Gasteiger partial charge in [0.1, 0.15) is 11.6 Å². The number of rotatable bonds is 5. The second-order valence-corrected chi connectivity index (χ2v) is 5.64. The van der Waals surface area contributed by atoms with Crippen molar-refractivity contribution in [2.24, 2.45) is 0 Å². The molecule has 2 amide bonds. The predicted octanol–water partition coefficient (Wildman–Crippen LogP) is 4.03. The fourth-order valence-electron chi connectivity index (χ4n) is 2.41. The minimum atomic E-state index is -0.269. The van der Waals surface area contributed by atoms with Gasteiger partial charge in [0.05, 0.1) is 7.11 Å². The van der Waals surface area contributed by atoms with E-state index in [-0.39, 0.29) is 17.9 Å². The maximum absolute atomic E-state index is 13.0. The van der Waals surface area contributed by atoms with E-state index in [0.717, 1.165) is 29.8 Å². The number of hydrogen-bond donors (Lipinski definition) is 1. The van der Waals surface area contributed by atoms with Crippen LogP contribution in [0.15, 0.2) is 48.5 Å². The second-order valence-electron chi connectivity index (χ2n) is 5.64. The standard InChI is InChI=1S/C18H19FN2O2/c1-23-17-10-6-15(7-11-17)20-18(22)21(16-8-9-16)12-13-2-4-14(19)5-3-13/h2-7,10-11,16H,8-9,12H2,1H3,(H,20,22). The third kappa shape index (κ3) is 4.00. The predicted molar refractivity (Wildman–Crippen MR) is 87.0 cm³/mol. The Balaban J connectivity index is 1.67. The molecule has 0 aromatic heterocycles. The van der Waals surface area contributed by atoms with Crippen LogP contribution in [0.4, 0.5) is 14.9 Å². The molecule has 1 N–H and O–H groups in total. The SMILES string of the molecule is COc1ccc(NC(=O)N(Cc2ccc(F)cc2)C2CC2)cc1. The van der Waals surface area contributed by atoms with Gasteiger partial charge in [-0.1, -0.05) is 12.1 Å². The van der Waals surface area contributed by atoms with Crippen LogP contribution < -0.4 is 10.1 Å². The van der Waals surface area contributed by atoms with Crippen molar-refractivity contribution in [1.82, 2.24) is 4.90 Å². The van der Waals surface area contributed by atoms with E-state index in [1.807, 2.05) is 0 Å². The van der Waals surface area contributed by atoms with Gasteiger partial charge in [-0.05, 0) is 54.8 Å². The van der Waals surface area contributed by atoms with Gasteiger partial charge in [0.25, 0.3) is 0 Å². The van der Waals surface area contributed by atoms with Crippen LogP contribution >= 0.6 is 0 Å². The monoisotopic (exact) mass is 314 g/mol. The molecule has 0 spiro atoms. The van der Waals surface area contributed by atoms with E-state index < -0.39 is 0 Å². The fourth-order valence-corrected chi connectivity index (χ4v) is 2.41. The summed E-state index contributed by atoms with van der Waals surface area (Å²) in [5, 5.41) is 2.90. The van der Waals surface area contributed by atoms with Crippen LogP contribution in [-0.2, 0) is 6.54 Å². The summed E-state index contributed by atoms with van der Waals surface area (Å²) in [6.45, 7) is 0.479. The molecular weight excluding hydrogens is 295 g/mol. The lowest BCUT2D eigenvalue weighted by Crippen LogP contribution is -2.36. The summed E-state index contributed by atoms with van der Waals surface area (Å²) in [6.07, 6.45) is 2.02. The third-order valence-electron chi connectivity index (χ3n) is 3.86. The average molecular weight is 314 g/mol. The topological polar surface area (TPSA) is 41.6 Å². The minimum absolute atomic E-state index is 0.137. The Kier molecular flexibility index (Phi) is 4.46. The van der Waals surface area contributed by atoms with Crippen molar-refractivity contribution < 1.29 is 13.9 Å². The van der Waals surface area contributed by atoms with Crippen molar-refractivity contribution >= 4 is 11.7 Å². The normalized spacial score (nSPS) is 13.5. The highest BCUT2D eigenvalue weighted by atomic mass is 19.1. The van der Waals surface area contributed by atoms with Gasteiger partial charge in [0.2, 0.25) is 0 Å². The lowest BCUT2D eigenvalue weighted by atomic mass is 10.2. The number of carbonyl (C=O) groups is 1. The molecule has 0 radical (unpaired) electrons. The first-order valence-electron chi connectivity index (χ1n) is 7.62. The number of carbonyl (C=O) groups excluding carboxylic acids is 1. The lowest BCUT2D eigenvalue weighted by Gasteiger charge is -2.23. The Hall–Kier alpha value is -2.56. The summed E-state index contributed by atoms with van der Waals surface area (Å²) in [6, 6.07) is 13.6. The number of nitrogens with one attached hydrogen (secondary N) is 1. The van der Waals surface area contributed by atoms with Gasteiger partial charge < -0.3 is 15.0 Å². The molecule has 1 aliphatic carbocycles. The Morgan fingerprint density at radius 3 is 2.39 bits per heavy atom. The minimum Gasteiger partial charge on any atom is -0.497 e. The van der Waals surface area contributed by atoms with E-state index in [9.17, 15) is 9.18 Å². The summed E-state index contributed by atoms with van der Waals surface area (Å²) in [5.41, 5.74) is 1.64. The van der Waals surface area contributed by atoms with Crippen LogP contribution in [0.25, 0.3) is 0 Å². The molecule has 23 heavy (non-hydrogen) atoms. The number of benzene rings is 2. The summed E-state index contributed by atoms with van der Waals surface area (Å²) < 4.78 is 18.1. The van der Waals surface area contributed by atoms with E-state index in [4.69, 9.17) is 4.74 Å². The maximum atomic E-state index is 13.0. The van der Waals surface area contributed by atoms with E-state index in [1.165, 1.54) is 12.1 Å². The molecular formula is C18H19FN2O2. The maximum Gasteiger partial charge on any atom is 0.322 e. The first-order chi connectivity index (χ1) is 11.2. The molecule has 2 aromatic rings. The van der Waals surface area contributed by atoms with Crippen molar-refractivity contribution in [3.8, 4) is 5.75 Å². The Morgan fingerprint density at radius 2 is 1.83 bits per heavy atom. The fraction of sp³-hybridized carbons (Fsp3) is 0.278. The Bertz CT molecular complexity index is 666. The molecule has 120 valence electrons. The van der Waals surface area contributed by atoms with Gasteiger partial charge in [-0.15, -0.1) is 0 Å². The number of ether oxygens (including phenoxy) is 1. The third-order valence-corrected chi connectivity index (χ3v) is 3.86. The molecule has 3 rings (SSSR count). The highest BCUT2D eigenvalue weighted by molar-refractivity contribution is 5.89. The van der Waals surface area contributed by atoms with Gasteiger partial charge in [0, 0.05) is 18.3 Å². The number of amides is 2. The molecule has 1 aliphatic rings. The van der Waals surface area contributed by atoms with Crippen molar-refractivity contribution in [1.29, 1.82) is 0 Å². The Morgan fingerprint density at radius 1 is 1.17 bits per heavy atom. The van der Waals surface area contributed by atoms with Crippen LogP contribution in [0.5, 0.6) is 5.75 Å². The highest BCUT2D eigenvalue weighted by Crippen LogP contribution is 2.29. The summed E-state index contributed by atoms with van der Waals surface area (Å²) in [4.78, 5) is 14.3. The van der Waals surface area contributed by atoms with Crippen LogP contribution in [0.3, 0.4) is 0 Å². The molecule has 0 atom stereocenters. The van der Waals surface area contributed by atoms with E-state index in [0.29, 0.717) is 6.54 Å². The molecule has 0 bridgehead atoms. The Labute approximate surface area is 134 Å². The van der Waals surface area contributed by atoms with Crippen LogP contribution in [0.2, 0.25) is 0 Å². The molecule has 0 saturated heterocycles. The zero-order chi connectivity index (χ0) is 16.2. The molecule has 4 nitrogen and oxygen atoms in total. The number of anilines is 1. The van der Waals surface area contributed by atoms with Crippen molar-refractivity contribution in [2.45, 2.75) is 25.4 Å². The molecule has 0 unspecified atom stereocenters. The van der Waals surface area contributed by atoms with Gasteiger partial charge in [0.15, 0.2) is 0 Å². The smallest absolute Gasteiger partial charge is 0.322 e. The molecule has 0 heterocycles. The number of hydrogen-bond acceptors (Lipinski definition) is 2. The number of nitrogens with zero attached hydrogens (tertiary/aromatic N) is 1. The van der Waals surface area contributed by atoms with Crippen molar-refractivity contribution in [3.05, 3.63) is 59.9 Å². The number of halogens is 1. The van der Waals surface area contributed by atoms with Gasteiger partial charge in [-0.25, -0.2) is 9.18 Å². The number of urea groups is 1. The largest absolute Gasteiger partial charge is 0.497 e. The summed E-state index contributed by atoms with van der Waals surface area (Å²) in [5.74, 6) is 0.475. The van der Waals surface area contributed by atoms with Gasteiger partial charge in [-0.2, -0.15) is 0 Å². The van der Waals surface area contributed by atoms with Crippen LogP contribution in [0, 0.1) is 5.82 Å². The number of methoxy groups -OCH3 is 1. The second kappa shape index (κ2) is 6.69.